The molecule has 0 bridgehead atoms. The van der Waals surface area contributed by atoms with E-state index in [9.17, 15) is 4.79 Å². The van der Waals surface area contributed by atoms with Gasteiger partial charge in [0.1, 0.15) is 0 Å². The summed E-state index contributed by atoms with van der Waals surface area (Å²) in [7, 11) is 1.58. The SMILES string of the molecule is CNC(=O)NCc1cn[nH]c1C. The second-order valence-electron chi connectivity index (χ2n) is 2.45. The highest BCUT2D eigenvalue weighted by molar-refractivity contribution is 5.73. The minimum absolute atomic E-state index is 0.185. The highest BCUT2D eigenvalue weighted by Crippen LogP contribution is 2.00. The highest BCUT2D eigenvalue weighted by atomic mass is 16.2. The average Bonchev–Trinajstić information content (AvgIpc) is 2.47. The number of aryl methyl sites for hydroxylation is 1. The van der Waals surface area contributed by atoms with E-state index in [2.05, 4.69) is 20.8 Å². The number of urea groups is 1. The highest BCUT2D eigenvalue weighted by Gasteiger charge is 2.01. The summed E-state index contributed by atoms with van der Waals surface area (Å²) in [6.45, 7) is 2.41. The van der Waals surface area contributed by atoms with Crippen molar-refractivity contribution in [2.24, 2.45) is 0 Å². The number of hydrogen-bond acceptors (Lipinski definition) is 2. The summed E-state index contributed by atoms with van der Waals surface area (Å²) in [4.78, 5) is 10.8. The van der Waals surface area contributed by atoms with Crippen molar-refractivity contribution in [3.63, 3.8) is 0 Å². The number of carbonyl (C=O) groups excluding carboxylic acids is 1. The molecule has 0 saturated heterocycles. The molecule has 0 saturated carbocycles. The molecule has 0 radical (unpaired) electrons. The molecule has 1 heterocycles. The van der Waals surface area contributed by atoms with Gasteiger partial charge in [0.15, 0.2) is 0 Å². The van der Waals surface area contributed by atoms with Crippen molar-refractivity contribution >= 4 is 6.03 Å². The van der Waals surface area contributed by atoms with Gasteiger partial charge in [0, 0.05) is 24.8 Å². The van der Waals surface area contributed by atoms with Crippen molar-refractivity contribution in [1.29, 1.82) is 0 Å². The predicted molar refractivity (Wildman–Crippen MR) is 44.6 cm³/mol. The number of rotatable bonds is 2. The third-order valence-electron chi connectivity index (χ3n) is 1.60. The number of nitrogens with zero attached hydrogens (tertiary/aromatic N) is 1. The molecule has 1 aromatic heterocycles. The molecule has 66 valence electrons. The van der Waals surface area contributed by atoms with Crippen LogP contribution in [0.1, 0.15) is 11.3 Å². The van der Waals surface area contributed by atoms with E-state index in [4.69, 9.17) is 0 Å². The number of hydrogen-bond donors (Lipinski definition) is 3. The first-order chi connectivity index (χ1) is 5.74. The fourth-order valence-corrected chi connectivity index (χ4v) is 0.818. The Balaban J connectivity index is 2.43. The third kappa shape index (κ3) is 1.98. The average molecular weight is 168 g/mol. The molecule has 5 nitrogen and oxygen atoms in total. The molecule has 0 aromatic carbocycles. The van der Waals surface area contributed by atoms with Gasteiger partial charge in [0.2, 0.25) is 0 Å². The van der Waals surface area contributed by atoms with Crippen LogP contribution in [0.2, 0.25) is 0 Å². The van der Waals surface area contributed by atoms with Crippen LogP contribution in [0.3, 0.4) is 0 Å². The van der Waals surface area contributed by atoms with Gasteiger partial charge in [-0.3, -0.25) is 5.10 Å². The van der Waals surface area contributed by atoms with E-state index in [1.54, 1.807) is 13.2 Å². The Morgan fingerprint density at radius 3 is 3.00 bits per heavy atom. The lowest BCUT2D eigenvalue weighted by Gasteiger charge is -2.01. The second kappa shape index (κ2) is 3.75. The summed E-state index contributed by atoms with van der Waals surface area (Å²) < 4.78 is 0. The molecule has 12 heavy (non-hydrogen) atoms. The first-order valence-corrected chi connectivity index (χ1v) is 3.68. The van der Waals surface area contributed by atoms with Crippen molar-refractivity contribution in [1.82, 2.24) is 20.8 Å². The van der Waals surface area contributed by atoms with Gasteiger partial charge in [-0.05, 0) is 6.92 Å². The van der Waals surface area contributed by atoms with E-state index in [1.165, 1.54) is 0 Å². The Kier molecular flexibility index (Phi) is 2.68. The van der Waals surface area contributed by atoms with Crippen LogP contribution in [-0.4, -0.2) is 23.3 Å². The van der Waals surface area contributed by atoms with Crippen LogP contribution in [0.5, 0.6) is 0 Å². The van der Waals surface area contributed by atoms with E-state index in [-0.39, 0.29) is 6.03 Å². The molecule has 0 atom stereocenters. The summed E-state index contributed by atoms with van der Waals surface area (Å²) in [5.41, 5.74) is 1.98. The van der Waals surface area contributed by atoms with Gasteiger partial charge < -0.3 is 10.6 Å². The van der Waals surface area contributed by atoms with E-state index in [1.807, 2.05) is 6.92 Å². The monoisotopic (exact) mass is 168 g/mol. The van der Waals surface area contributed by atoms with Crippen molar-refractivity contribution < 1.29 is 4.79 Å². The predicted octanol–water partition coefficient (Wildman–Crippen LogP) is 0.147. The zero-order valence-electron chi connectivity index (χ0n) is 7.14. The summed E-state index contributed by atoms with van der Waals surface area (Å²) in [6.07, 6.45) is 1.70. The van der Waals surface area contributed by atoms with E-state index in [0.29, 0.717) is 6.54 Å². The van der Waals surface area contributed by atoms with Crippen molar-refractivity contribution in [3.05, 3.63) is 17.5 Å². The van der Waals surface area contributed by atoms with Gasteiger partial charge in [0.25, 0.3) is 0 Å². The first kappa shape index (κ1) is 8.58. The van der Waals surface area contributed by atoms with E-state index in [0.717, 1.165) is 11.3 Å². The standard InChI is InChI=1S/C7H12N4O/c1-5-6(4-10-11-5)3-9-7(12)8-2/h4H,3H2,1-2H3,(H,10,11)(H2,8,9,12). The maximum atomic E-state index is 10.8. The van der Waals surface area contributed by atoms with Crippen LogP contribution in [0.25, 0.3) is 0 Å². The van der Waals surface area contributed by atoms with Crippen LogP contribution >= 0.6 is 0 Å². The Hall–Kier alpha value is -1.52. The molecule has 3 N–H and O–H groups in total. The van der Waals surface area contributed by atoms with Gasteiger partial charge in [-0.25, -0.2) is 4.79 Å². The maximum Gasteiger partial charge on any atom is 0.314 e. The smallest absolute Gasteiger partial charge is 0.314 e. The molecular formula is C7H12N4O. The molecular weight excluding hydrogens is 156 g/mol. The molecule has 0 spiro atoms. The number of nitrogens with one attached hydrogen (secondary N) is 3. The van der Waals surface area contributed by atoms with Crippen LogP contribution < -0.4 is 10.6 Å². The van der Waals surface area contributed by atoms with Crippen LogP contribution in [0, 0.1) is 6.92 Å². The van der Waals surface area contributed by atoms with Gasteiger partial charge in [-0.2, -0.15) is 5.10 Å². The summed E-state index contributed by atoms with van der Waals surface area (Å²) in [6, 6.07) is -0.185. The lowest BCUT2D eigenvalue weighted by atomic mass is 10.3. The van der Waals surface area contributed by atoms with Crippen LogP contribution in [0.15, 0.2) is 6.20 Å². The minimum atomic E-state index is -0.185. The van der Waals surface area contributed by atoms with Gasteiger partial charge in [-0.15, -0.1) is 0 Å². The lowest BCUT2D eigenvalue weighted by Crippen LogP contribution is -2.32. The summed E-state index contributed by atoms with van der Waals surface area (Å²) in [5, 5.41) is 11.7. The van der Waals surface area contributed by atoms with Crippen molar-refractivity contribution in [3.8, 4) is 0 Å². The summed E-state index contributed by atoms with van der Waals surface area (Å²) in [5.74, 6) is 0. The normalized spacial score (nSPS) is 9.50. The molecule has 5 heteroatoms. The fraction of sp³-hybridized carbons (Fsp3) is 0.429. The van der Waals surface area contributed by atoms with Gasteiger partial charge in [0.05, 0.1) is 6.20 Å². The number of aromatic nitrogens is 2. The molecule has 1 rings (SSSR count). The van der Waals surface area contributed by atoms with Crippen molar-refractivity contribution in [2.75, 3.05) is 7.05 Å². The Morgan fingerprint density at radius 2 is 2.50 bits per heavy atom. The molecule has 0 unspecified atom stereocenters. The fourth-order valence-electron chi connectivity index (χ4n) is 0.818. The molecule has 1 aromatic rings. The molecule has 2 amide bonds. The molecule has 0 aliphatic heterocycles. The Labute approximate surface area is 70.5 Å². The van der Waals surface area contributed by atoms with E-state index >= 15 is 0 Å². The van der Waals surface area contributed by atoms with Crippen LogP contribution in [-0.2, 0) is 6.54 Å². The first-order valence-electron chi connectivity index (χ1n) is 3.68. The third-order valence-corrected chi connectivity index (χ3v) is 1.60. The van der Waals surface area contributed by atoms with E-state index < -0.39 is 0 Å². The van der Waals surface area contributed by atoms with Crippen molar-refractivity contribution in [2.45, 2.75) is 13.5 Å². The Bertz CT molecular complexity index is 268. The zero-order chi connectivity index (χ0) is 8.97. The minimum Gasteiger partial charge on any atom is -0.341 e. The second-order valence-corrected chi connectivity index (χ2v) is 2.45. The number of amides is 2. The topological polar surface area (TPSA) is 69.8 Å². The lowest BCUT2D eigenvalue weighted by molar-refractivity contribution is 0.242. The molecule has 0 aliphatic carbocycles. The number of H-pyrrole nitrogens is 1. The molecule has 0 aliphatic rings. The van der Waals surface area contributed by atoms with Gasteiger partial charge >= 0.3 is 6.03 Å². The summed E-state index contributed by atoms with van der Waals surface area (Å²) >= 11 is 0. The van der Waals surface area contributed by atoms with Crippen LogP contribution in [0.4, 0.5) is 4.79 Å². The Morgan fingerprint density at radius 1 is 1.75 bits per heavy atom. The molecule has 0 fully saturated rings. The number of aromatic amines is 1. The quantitative estimate of drug-likeness (QED) is 0.588. The largest absolute Gasteiger partial charge is 0.341 e. The zero-order valence-corrected chi connectivity index (χ0v) is 7.14. The maximum absolute atomic E-state index is 10.8. The number of carbonyl (C=O) groups is 1. The van der Waals surface area contributed by atoms with Gasteiger partial charge in [-0.1, -0.05) is 0 Å².